The molecule has 0 atom stereocenters. The van der Waals surface area contributed by atoms with Gasteiger partial charge in [0.05, 0.1) is 4.88 Å². The Bertz CT molecular complexity index is 1290. The number of thiophene rings is 1. The smallest absolute Gasteiger partial charge is 0.177 e. The molecule has 0 bridgehead atoms. The number of aromatic nitrogens is 4. The molecular formula is C23H17ClN4S. The molecule has 0 saturated heterocycles. The Balaban J connectivity index is 1.69. The number of aryl methyl sites for hydroxylation is 1. The summed E-state index contributed by atoms with van der Waals surface area (Å²) in [6, 6.07) is 23.2. The minimum atomic E-state index is 0.620. The largest absolute Gasteiger partial charge is 0.214 e. The normalized spacial score (nSPS) is 11.2. The monoisotopic (exact) mass is 416 g/mol. The van der Waals surface area contributed by atoms with E-state index in [0.29, 0.717) is 5.82 Å². The van der Waals surface area contributed by atoms with Gasteiger partial charge in [0.2, 0.25) is 5.82 Å². The maximum atomic E-state index is 6.07. The second-order valence-corrected chi connectivity index (χ2v) is 8.53. The maximum Gasteiger partial charge on any atom is 0.214 e. The SMILES string of the molecule is Cc1ccc(-c2cc(-c3nn[nH]n3)sc2Cc2ccc(Cl)cc2)c2ccccc12. The number of hydrogen-bond acceptors (Lipinski definition) is 4. The van der Waals surface area contributed by atoms with Crippen LogP contribution >= 0.6 is 22.9 Å². The highest BCUT2D eigenvalue weighted by Crippen LogP contribution is 2.40. The molecule has 6 heteroatoms. The molecule has 5 aromatic rings. The lowest BCUT2D eigenvalue weighted by atomic mass is 9.94. The van der Waals surface area contributed by atoms with E-state index in [1.165, 1.54) is 37.9 Å². The fraction of sp³-hybridized carbons (Fsp3) is 0.0870. The number of halogens is 1. The van der Waals surface area contributed by atoms with Crippen molar-refractivity contribution >= 4 is 33.7 Å². The van der Waals surface area contributed by atoms with E-state index < -0.39 is 0 Å². The Hall–Kier alpha value is -3.02. The summed E-state index contributed by atoms with van der Waals surface area (Å²) in [6.07, 6.45) is 0.817. The van der Waals surface area contributed by atoms with Gasteiger partial charge in [-0.3, -0.25) is 0 Å². The van der Waals surface area contributed by atoms with Crippen molar-refractivity contribution in [2.45, 2.75) is 13.3 Å². The van der Waals surface area contributed by atoms with Crippen LogP contribution in [-0.2, 0) is 6.42 Å². The van der Waals surface area contributed by atoms with Gasteiger partial charge in [0, 0.05) is 16.3 Å². The van der Waals surface area contributed by atoms with Gasteiger partial charge in [0.15, 0.2) is 0 Å². The molecule has 2 aromatic heterocycles. The molecule has 0 fully saturated rings. The molecule has 2 heterocycles. The molecule has 29 heavy (non-hydrogen) atoms. The molecule has 0 spiro atoms. The molecular weight excluding hydrogens is 400 g/mol. The van der Waals surface area contributed by atoms with Crippen molar-refractivity contribution in [2.24, 2.45) is 0 Å². The number of nitrogens with one attached hydrogen (secondary N) is 1. The molecule has 1 N–H and O–H groups in total. The van der Waals surface area contributed by atoms with E-state index in [2.05, 4.69) is 82.1 Å². The first-order chi connectivity index (χ1) is 14.2. The van der Waals surface area contributed by atoms with E-state index in [0.717, 1.165) is 16.3 Å². The number of fused-ring (bicyclic) bond motifs is 1. The highest BCUT2D eigenvalue weighted by atomic mass is 35.5. The van der Waals surface area contributed by atoms with Crippen LogP contribution < -0.4 is 0 Å². The summed E-state index contributed by atoms with van der Waals surface area (Å²) in [6.45, 7) is 2.15. The van der Waals surface area contributed by atoms with Crippen LogP contribution in [0.15, 0.2) is 66.7 Å². The zero-order valence-corrected chi connectivity index (χ0v) is 17.3. The van der Waals surface area contributed by atoms with Crippen molar-refractivity contribution in [3.05, 3.63) is 87.8 Å². The first-order valence-corrected chi connectivity index (χ1v) is 10.5. The average Bonchev–Trinajstić information content (AvgIpc) is 3.41. The van der Waals surface area contributed by atoms with Crippen LogP contribution in [0.1, 0.15) is 16.0 Å². The van der Waals surface area contributed by atoms with Crippen LogP contribution in [0.5, 0.6) is 0 Å². The number of aromatic amines is 1. The van der Waals surface area contributed by atoms with Crippen molar-refractivity contribution in [1.29, 1.82) is 0 Å². The third-order valence-electron chi connectivity index (χ3n) is 5.08. The van der Waals surface area contributed by atoms with Gasteiger partial charge < -0.3 is 0 Å². The summed E-state index contributed by atoms with van der Waals surface area (Å²) in [4.78, 5) is 2.27. The van der Waals surface area contributed by atoms with E-state index in [-0.39, 0.29) is 0 Å². The fourth-order valence-corrected chi connectivity index (χ4v) is 4.90. The van der Waals surface area contributed by atoms with Crippen LogP contribution in [0.3, 0.4) is 0 Å². The summed E-state index contributed by atoms with van der Waals surface area (Å²) in [5.74, 6) is 0.620. The van der Waals surface area contributed by atoms with Crippen LogP contribution in [0.4, 0.5) is 0 Å². The number of benzene rings is 3. The van der Waals surface area contributed by atoms with Crippen LogP contribution in [0.25, 0.3) is 32.6 Å². The molecule has 4 nitrogen and oxygen atoms in total. The maximum absolute atomic E-state index is 6.07. The lowest BCUT2D eigenvalue weighted by Crippen LogP contribution is -1.89. The van der Waals surface area contributed by atoms with Gasteiger partial charge in [0.25, 0.3) is 0 Å². The summed E-state index contributed by atoms with van der Waals surface area (Å²) in [7, 11) is 0. The lowest BCUT2D eigenvalue weighted by Gasteiger charge is -2.10. The highest BCUT2D eigenvalue weighted by molar-refractivity contribution is 7.16. The quantitative estimate of drug-likeness (QED) is 0.374. The molecule has 5 rings (SSSR count). The molecule has 0 aliphatic carbocycles. The van der Waals surface area contributed by atoms with Gasteiger partial charge in [-0.15, -0.1) is 21.5 Å². The van der Waals surface area contributed by atoms with E-state index in [4.69, 9.17) is 11.6 Å². The summed E-state index contributed by atoms with van der Waals surface area (Å²) < 4.78 is 0. The molecule has 0 radical (unpaired) electrons. The first-order valence-electron chi connectivity index (χ1n) is 9.29. The van der Waals surface area contributed by atoms with E-state index in [9.17, 15) is 0 Å². The zero-order valence-electron chi connectivity index (χ0n) is 15.7. The molecule has 0 unspecified atom stereocenters. The third-order valence-corrected chi connectivity index (χ3v) is 6.47. The van der Waals surface area contributed by atoms with Crippen molar-refractivity contribution in [3.8, 4) is 21.8 Å². The molecule has 0 aliphatic heterocycles. The zero-order chi connectivity index (χ0) is 19.8. The fourth-order valence-electron chi connectivity index (χ4n) is 3.64. The van der Waals surface area contributed by atoms with E-state index in [1.807, 2.05) is 12.1 Å². The second-order valence-electron chi connectivity index (χ2n) is 6.96. The first kappa shape index (κ1) is 18.0. The summed E-state index contributed by atoms with van der Waals surface area (Å²) in [5.41, 5.74) is 4.92. The van der Waals surface area contributed by atoms with Gasteiger partial charge in [-0.1, -0.05) is 60.1 Å². The Kier molecular flexibility index (Phi) is 4.62. The topological polar surface area (TPSA) is 54.5 Å². The van der Waals surface area contributed by atoms with Crippen LogP contribution in [0, 0.1) is 6.92 Å². The van der Waals surface area contributed by atoms with Gasteiger partial charge in [-0.05, 0) is 63.4 Å². The Morgan fingerprint density at radius 3 is 2.48 bits per heavy atom. The molecule has 3 aromatic carbocycles. The van der Waals surface area contributed by atoms with Crippen molar-refractivity contribution in [2.75, 3.05) is 0 Å². The van der Waals surface area contributed by atoms with Gasteiger partial charge >= 0.3 is 0 Å². The number of nitrogens with zero attached hydrogens (tertiary/aromatic N) is 3. The summed E-state index contributed by atoms with van der Waals surface area (Å²) in [5, 5.41) is 17.9. The highest BCUT2D eigenvalue weighted by Gasteiger charge is 2.17. The molecule has 0 aliphatic rings. The lowest BCUT2D eigenvalue weighted by molar-refractivity contribution is 0.881. The summed E-state index contributed by atoms with van der Waals surface area (Å²) >= 11 is 7.78. The van der Waals surface area contributed by atoms with Crippen LogP contribution in [0.2, 0.25) is 5.02 Å². The van der Waals surface area contributed by atoms with E-state index in [1.54, 1.807) is 11.3 Å². The van der Waals surface area contributed by atoms with E-state index >= 15 is 0 Å². The van der Waals surface area contributed by atoms with Crippen LogP contribution in [-0.4, -0.2) is 20.6 Å². The van der Waals surface area contributed by atoms with Crippen molar-refractivity contribution in [1.82, 2.24) is 20.6 Å². The Labute approximate surface area is 177 Å². The second kappa shape index (κ2) is 7.43. The van der Waals surface area contributed by atoms with Crippen molar-refractivity contribution in [3.63, 3.8) is 0 Å². The standard InChI is InChI=1S/C23H17ClN4S/c1-14-6-11-19(18-5-3-2-4-17(14)18)20-13-22(23-25-27-28-26-23)29-21(20)12-15-7-9-16(24)10-8-15/h2-11,13H,12H2,1H3,(H,25,26,27,28). The molecule has 142 valence electrons. The number of H-pyrrole nitrogens is 1. The average molecular weight is 417 g/mol. The number of hydrogen-bond donors (Lipinski definition) is 1. The third kappa shape index (κ3) is 3.43. The Morgan fingerprint density at radius 1 is 0.931 bits per heavy atom. The minimum Gasteiger partial charge on any atom is -0.177 e. The minimum absolute atomic E-state index is 0.620. The number of tetrazole rings is 1. The van der Waals surface area contributed by atoms with Gasteiger partial charge in [0.1, 0.15) is 0 Å². The van der Waals surface area contributed by atoms with Gasteiger partial charge in [-0.25, -0.2) is 0 Å². The molecule has 0 amide bonds. The van der Waals surface area contributed by atoms with Crippen molar-refractivity contribution < 1.29 is 0 Å². The molecule has 0 saturated carbocycles. The predicted molar refractivity (Wildman–Crippen MR) is 119 cm³/mol. The Morgan fingerprint density at radius 2 is 1.72 bits per heavy atom. The predicted octanol–water partition coefficient (Wildman–Crippen LogP) is 6.30. The van der Waals surface area contributed by atoms with Gasteiger partial charge in [-0.2, -0.15) is 5.21 Å². The number of rotatable bonds is 4.